The fourth-order valence-corrected chi connectivity index (χ4v) is 4.83. The highest BCUT2D eigenvalue weighted by Gasteiger charge is 2.23. The maximum Gasteiger partial charge on any atom is 0.262 e. The van der Waals surface area contributed by atoms with Crippen molar-refractivity contribution < 1.29 is 9.59 Å². The van der Waals surface area contributed by atoms with Gasteiger partial charge < -0.3 is 10.6 Å². The average Bonchev–Trinajstić information content (AvgIpc) is 3.74. The van der Waals surface area contributed by atoms with E-state index in [0.29, 0.717) is 27.7 Å². The van der Waals surface area contributed by atoms with E-state index >= 15 is 0 Å². The van der Waals surface area contributed by atoms with Gasteiger partial charge in [-0.05, 0) is 66.8 Å². The summed E-state index contributed by atoms with van der Waals surface area (Å²) in [5.74, 6) is -0.134. The molecule has 4 aromatic rings. The molecule has 1 heterocycles. The molecule has 8 heteroatoms. The molecule has 0 unspecified atom stereocenters. The van der Waals surface area contributed by atoms with Crippen LogP contribution in [0.3, 0.4) is 0 Å². The molecule has 0 atom stereocenters. The molecule has 0 bridgehead atoms. The summed E-state index contributed by atoms with van der Waals surface area (Å²) in [5, 5.41) is 6.90. The molecule has 0 saturated heterocycles. The number of aryl methyl sites for hydroxylation is 1. The first kappa shape index (κ1) is 24.8. The maximum absolute atomic E-state index is 13.4. The van der Waals surface area contributed by atoms with Gasteiger partial charge in [-0.25, -0.2) is 4.98 Å². The summed E-state index contributed by atoms with van der Waals surface area (Å²) in [5.41, 5.74) is 3.78. The predicted octanol–water partition coefficient (Wildman–Crippen LogP) is 4.63. The molecule has 7 nitrogen and oxygen atoms in total. The highest BCUT2D eigenvalue weighted by molar-refractivity contribution is 7.99. The first-order chi connectivity index (χ1) is 18.0. The predicted molar refractivity (Wildman–Crippen MR) is 147 cm³/mol. The molecule has 5 rings (SSSR count). The second-order valence-corrected chi connectivity index (χ2v) is 10.1. The lowest BCUT2D eigenvalue weighted by atomic mass is 10.1. The number of hydrogen-bond donors (Lipinski definition) is 2. The van der Waals surface area contributed by atoms with Crippen molar-refractivity contribution >= 4 is 40.2 Å². The number of amides is 2. The largest absolute Gasteiger partial charge is 0.349 e. The van der Waals surface area contributed by atoms with E-state index in [-0.39, 0.29) is 29.7 Å². The summed E-state index contributed by atoms with van der Waals surface area (Å²) in [6, 6.07) is 22.5. The van der Waals surface area contributed by atoms with E-state index in [1.807, 2.05) is 48.5 Å². The van der Waals surface area contributed by atoms with Gasteiger partial charge in [0, 0.05) is 17.3 Å². The van der Waals surface area contributed by atoms with E-state index in [4.69, 9.17) is 4.98 Å². The summed E-state index contributed by atoms with van der Waals surface area (Å²) in [4.78, 5) is 43.1. The lowest BCUT2D eigenvalue weighted by Crippen LogP contribution is -2.26. The van der Waals surface area contributed by atoms with Gasteiger partial charge in [0.05, 0.1) is 23.2 Å². The fraction of sp³-hybridized carbons (Fsp3) is 0.241. The van der Waals surface area contributed by atoms with Crippen molar-refractivity contribution in [3.63, 3.8) is 0 Å². The Kier molecular flexibility index (Phi) is 7.37. The van der Waals surface area contributed by atoms with Crippen LogP contribution in [0.15, 0.2) is 82.7 Å². The van der Waals surface area contributed by atoms with Crippen LogP contribution in [0, 0.1) is 0 Å². The average molecular weight is 513 g/mol. The van der Waals surface area contributed by atoms with E-state index in [1.165, 1.54) is 11.8 Å². The van der Waals surface area contributed by atoms with E-state index in [0.717, 1.165) is 36.1 Å². The first-order valence-electron chi connectivity index (χ1n) is 12.4. The Bertz CT molecular complexity index is 1510. The number of thioether (sulfide) groups is 1. The zero-order valence-electron chi connectivity index (χ0n) is 20.6. The minimum Gasteiger partial charge on any atom is -0.349 e. The molecule has 0 spiro atoms. The summed E-state index contributed by atoms with van der Waals surface area (Å²) in [6.07, 6.45) is 2.95. The van der Waals surface area contributed by atoms with Crippen LogP contribution >= 0.6 is 11.8 Å². The van der Waals surface area contributed by atoms with Crippen molar-refractivity contribution in [1.82, 2.24) is 14.9 Å². The Hall–Kier alpha value is -3.91. The number of nitrogens with zero attached hydrogens (tertiary/aromatic N) is 2. The third kappa shape index (κ3) is 6.09. The second kappa shape index (κ2) is 11.0. The molecule has 2 amide bonds. The molecule has 0 radical (unpaired) electrons. The molecule has 1 aliphatic rings. The van der Waals surface area contributed by atoms with Crippen LogP contribution in [-0.4, -0.2) is 33.2 Å². The van der Waals surface area contributed by atoms with Crippen LogP contribution < -0.4 is 16.2 Å². The molecule has 37 heavy (non-hydrogen) atoms. The van der Waals surface area contributed by atoms with Gasteiger partial charge in [-0.3, -0.25) is 19.0 Å². The molecular weight excluding hydrogens is 484 g/mol. The Morgan fingerprint density at radius 2 is 1.78 bits per heavy atom. The van der Waals surface area contributed by atoms with Crippen LogP contribution in [0.25, 0.3) is 10.9 Å². The van der Waals surface area contributed by atoms with Crippen LogP contribution in [0.5, 0.6) is 0 Å². The number of para-hydroxylation sites is 1. The van der Waals surface area contributed by atoms with E-state index in [1.54, 1.807) is 28.8 Å². The van der Waals surface area contributed by atoms with Gasteiger partial charge in [-0.2, -0.15) is 0 Å². The van der Waals surface area contributed by atoms with E-state index in [2.05, 4.69) is 17.6 Å². The SMILES string of the molecule is CCc1cccc(NC(=O)CSc2nc3ccccc3c(=O)n2Cc2ccc(C(=O)NC3CC3)cc2)c1. The van der Waals surface area contributed by atoms with Crippen molar-refractivity contribution in [3.05, 3.63) is 99.8 Å². The smallest absolute Gasteiger partial charge is 0.262 e. The van der Waals surface area contributed by atoms with Crippen molar-refractivity contribution in [1.29, 1.82) is 0 Å². The van der Waals surface area contributed by atoms with E-state index in [9.17, 15) is 14.4 Å². The number of fused-ring (bicyclic) bond motifs is 1. The van der Waals surface area contributed by atoms with E-state index < -0.39 is 0 Å². The molecule has 188 valence electrons. The van der Waals surface area contributed by atoms with Crippen LogP contribution in [0.2, 0.25) is 0 Å². The highest BCUT2D eigenvalue weighted by atomic mass is 32.2. The number of benzene rings is 3. The van der Waals surface area contributed by atoms with Crippen LogP contribution in [0.4, 0.5) is 5.69 Å². The normalized spacial score (nSPS) is 12.9. The number of anilines is 1. The zero-order valence-corrected chi connectivity index (χ0v) is 21.4. The van der Waals surface area contributed by atoms with Gasteiger partial charge in [0.1, 0.15) is 0 Å². The van der Waals surface area contributed by atoms with Crippen LogP contribution in [0.1, 0.15) is 41.3 Å². The van der Waals surface area contributed by atoms with Crippen molar-refractivity contribution in [3.8, 4) is 0 Å². The van der Waals surface area contributed by atoms with Crippen LogP contribution in [-0.2, 0) is 17.8 Å². The highest BCUT2D eigenvalue weighted by Crippen LogP contribution is 2.21. The van der Waals surface area contributed by atoms with Gasteiger partial charge >= 0.3 is 0 Å². The lowest BCUT2D eigenvalue weighted by Gasteiger charge is -2.14. The summed E-state index contributed by atoms with van der Waals surface area (Å²) < 4.78 is 1.59. The Morgan fingerprint density at radius 1 is 1.00 bits per heavy atom. The maximum atomic E-state index is 13.4. The summed E-state index contributed by atoms with van der Waals surface area (Å²) in [6.45, 7) is 2.35. The molecular formula is C29H28N4O3S. The fourth-order valence-electron chi connectivity index (χ4n) is 4.03. The van der Waals surface area contributed by atoms with Gasteiger partial charge in [0.2, 0.25) is 5.91 Å². The first-order valence-corrected chi connectivity index (χ1v) is 13.4. The molecule has 0 aliphatic heterocycles. The molecule has 1 fully saturated rings. The van der Waals surface area contributed by atoms with Crippen molar-refractivity contribution in [2.24, 2.45) is 0 Å². The minimum atomic E-state index is -0.168. The Morgan fingerprint density at radius 3 is 2.54 bits per heavy atom. The Labute approximate surface area is 219 Å². The topological polar surface area (TPSA) is 93.1 Å². The number of hydrogen-bond acceptors (Lipinski definition) is 5. The summed E-state index contributed by atoms with van der Waals surface area (Å²) >= 11 is 1.23. The van der Waals surface area contributed by atoms with Crippen molar-refractivity contribution in [2.75, 3.05) is 11.1 Å². The molecule has 3 aromatic carbocycles. The number of rotatable bonds is 9. The molecule has 1 saturated carbocycles. The van der Waals surface area contributed by atoms with Gasteiger partial charge in [0.15, 0.2) is 5.16 Å². The summed E-state index contributed by atoms with van der Waals surface area (Å²) in [7, 11) is 0. The quantitative estimate of drug-likeness (QED) is 0.252. The van der Waals surface area contributed by atoms with Gasteiger partial charge in [0.25, 0.3) is 11.5 Å². The number of aromatic nitrogens is 2. The van der Waals surface area contributed by atoms with Gasteiger partial charge in [-0.15, -0.1) is 0 Å². The molecule has 1 aliphatic carbocycles. The standard InChI is InChI=1S/C29H28N4O3S/c1-2-19-6-5-7-23(16-19)30-26(34)18-37-29-32-25-9-4-3-8-24(25)28(36)33(29)17-20-10-12-21(13-11-20)27(35)31-22-14-15-22/h3-13,16,22H,2,14-15,17-18H2,1H3,(H,30,34)(H,31,35). The molecule has 2 N–H and O–H groups in total. The van der Waals surface area contributed by atoms with Gasteiger partial charge in [-0.1, -0.05) is 55.1 Å². The third-order valence-corrected chi connectivity index (χ3v) is 7.22. The lowest BCUT2D eigenvalue weighted by molar-refractivity contribution is -0.113. The number of carbonyl (C=O) groups excluding carboxylic acids is 2. The third-order valence-electron chi connectivity index (χ3n) is 6.25. The number of nitrogens with one attached hydrogen (secondary N) is 2. The monoisotopic (exact) mass is 512 g/mol. The second-order valence-electron chi connectivity index (χ2n) is 9.14. The Balaban J connectivity index is 1.36. The minimum absolute atomic E-state index is 0.0784. The number of carbonyl (C=O) groups is 2. The molecule has 1 aromatic heterocycles. The zero-order chi connectivity index (χ0) is 25.8. The van der Waals surface area contributed by atoms with Crippen molar-refractivity contribution in [2.45, 2.75) is 43.9 Å².